The first-order valence-corrected chi connectivity index (χ1v) is 11.1. The van der Waals surface area contributed by atoms with Gasteiger partial charge >= 0.3 is 11.8 Å². The summed E-state index contributed by atoms with van der Waals surface area (Å²) in [5.74, 6) is -0.230. The van der Waals surface area contributed by atoms with Crippen molar-refractivity contribution in [1.29, 1.82) is 0 Å². The summed E-state index contributed by atoms with van der Waals surface area (Å²) in [7, 11) is 0. The Balaban J connectivity index is 1.55. The van der Waals surface area contributed by atoms with Gasteiger partial charge in [-0.2, -0.15) is 4.98 Å². The van der Waals surface area contributed by atoms with Crippen LogP contribution in [-0.2, 0) is 4.74 Å². The predicted molar refractivity (Wildman–Crippen MR) is 124 cm³/mol. The molecule has 1 saturated carbocycles. The first-order valence-electron chi connectivity index (χ1n) is 11.1. The van der Waals surface area contributed by atoms with Crippen molar-refractivity contribution in [3.05, 3.63) is 46.4 Å². The zero-order valence-corrected chi connectivity index (χ0v) is 19.4. The van der Waals surface area contributed by atoms with Crippen LogP contribution >= 0.6 is 0 Å². The van der Waals surface area contributed by atoms with Gasteiger partial charge in [0.1, 0.15) is 11.8 Å². The monoisotopic (exact) mass is 471 g/mol. The highest BCUT2D eigenvalue weighted by atomic mass is 16.6. The molecular weight excluding hydrogens is 442 g/mol. The van der Waals surface area contributed by atoms with Gasteiger partial charge < -0.3 is 15.4 Å². The second-order valence-electron chi connectivity index (χ2n) is 9.13. The van der Waals surface area contributed by atoms with Gasteiger partial charge in [0.05, 0.1) is 10.5 Å². The number of anilines is 2. The number of ether oxygens (including phenoxy) is 1. The molecule has 34 heavy (non-hydrogen) atoms. The maximum absolute atomic E-state index is 12.3. The number of carbonyl (C=O) groups is 2. The molecule has 0 atom stereocenters. The van der Waals surface area contributed by atoms with Crippen LogP contribution in [0.5, 0.6) is 0 Å². The van der Waals surface area contributed by atoms with Gasteiger partial charge in [0.25, 0.3) is 5.91 Å². The Morgan fingerprint density at radius 3 is 2.56 bits per heavy atom. The lowest BCUT2D eigenvalue weighted by atomic mass is 9.86. The van der Waals surface area contributed by atoms with E-state index in [2.05, 4.69) is 30.9 Å². The highest BCUT2D eigenvalue weighted by Gasteiger charge is 2.26. The fourth-order valence-electron chi connectivity index (χ4n) is 3.60. The van der Waals surface area contributed by atoms with Crippen LogP contribution in [0.2, 0.25) is 0 Å². The van der Waals surface area contributed by atoms with E-state index in [9.17, 15) is 19.7 Å². The van der Waals surface area contributed by atoms with Crippen LogP contribution in [0.4, 0.5) is 22.2 Å². The van der Waals surface area contributed by atoms with Gasteiger partial charge in [0.15, 0.2) is 0 Å². The molecular formula is C22H29N7O5. The zero-order chi connectivity index (χ0) is 24.7. The van der Waals surface area contributed by atoms with Gasteiger partial charge in [-0.25, -0.2) is 9.78 Å². The van der Waals surface area contributed by atoms with Crippen LogP contribution in [0.15, 0.2) is 30.7 Å². The zero-order valence-electron chi connectivity index (χ0n) is 19.4. The first kappa shape index (κ1) is 24.8. The number of nitro groups is 1. The molecule has 1 aliphatic carbocycles. The fourth-order valence-corrected chi connectivity index (χ4v) is 3.60. The second kappa shape index (κ2) is 10.9. The largest absolute Gasteiger partial charge is 0.444 e. The third kappa shape index (κ3) is 7.36. The molecule has 1 fully saturated rings. The third-order valence-electron chi connectivity index (χ3n) is 5.24. The van der Waals surface area contributed by atoms with Gasteiger partial charge in [-0.05, 0) is 64.5 Å². The van der Waals surface area contributed by atoms with Gasteiger partial charge in [-0.1, -0.05) is 0 Å². The number of rotatable bonds is 7. The average Bonchev–Trinajstić information content (AvgIpc) is 2.78. The summed E-state index contributed by atoms with van der Waals surface area (Å²) in [6.45, 7) is 5.92. The van der Waals surface area contributed by atoms with Crippen LogP contribution in [-0.4, -0.2) is 50.1 Å². The smallest absolute Gasteiger partial charge is 0.407 e. The summed E-state index contributed by atoms with van der Waals surface area (Å²) in [6.07, 6.45) is 6.81. The second-order valence-corrected chi connectivity index (χ2v) is 9.13. The number of nitrogens with one attached hydrogen (secondary N) is 3. The highest BCUT2D eigenvalue weighted by Crippen LogP contribution is 2.27. The lowest BCUT2D eigenvalue weighted by molar-refractivity contribution is -0.384. The van der Waals surface area contributed by atoms with Crippen molar-refractivity contribution in [2.24, 2.45) is 5.92 Å². The van der Waals surface area contributed by atoms with Crippen molar-refractivity contribution in [2.45, 2.75) is 58.1 Å². The van der Waals surface area contributed by atoms with E-state index in [0.29, 0.717) is 12.1 Å². The molecule has 0 radical (unpaired) electrons. The van der Waals surface area contributed by atoms with E-state index in [1.54, 1.807) is 18.3 Å². The van der Waals surface area contributed by atoms with E-state index < -0.39 is 22.5 Å². The number of aromatic nitrogens is 3. The van der Waals surface area contributed by atoms with Gasteiger partial charge in [0, 0.05) is 25.0 Å². The SMILES string of the molecule is CC(C)(C)OC(=O)NC1CCC(CNc2nc(NC(=O)c3cccnc3)ncc2[N+](=O)[O-])CC1. The number of hydrogen-bond donors (Lipinski definition) is 3. The van der Waals surface area contributed by atoms with Gasteiger partial charge in [-0.15, -0.1) is 0 Å². The van der Waals surface area contributed by atoms with E-state index in [1.807, 2.05) is 20.8 Å². The molecule has 0 spiro atoms. The van der Waals surface area contributed by atoms with Crippen LogP contribution in [0.3, 0.4) is 0 Å². The van der Waals surface area contributed by atoms with Crippen molar-refractivity contribution in [3.63, 3.8) is 0 Å². The maximum atomic E-state index is 12.3. The maximum Gasteiger partial charge on any atom is 0.407 e. The molecule has 0 saturated heterocycles. The van der Waals surface area contributed by atoms with Crippen molar-refractivity contribution < 1.29 is 19.2 Å². The van der Waals surface area contributed by atoms with E-state index in [-0.39, 0.29) is 29.4 Å². The lowest BCUT2D eigenvalue weighted by Gasteiger charge is -2.30. The number of hydrogen-bond acceptors (Lipinski definition) is 9. The molecule has 182 valence electrons. The average molecular weight is 472 g/mol. The topological polar surface area (TPSA) is 161 Å². The molecule has 3 N–H and O–H groups in total. The Morgan fingerprint density at radius 2 is 1.94 bits per heavy atom. The molecule has 12 nitrogen and oxygen atoms in total. The summed E-state index contributed by atoms with van der Waals surface area (Å²) in [5, 5.41) is 19.9. The number of pyridine rings is 1. The van der Waals surface area contributed by atoms with Crippen LogP contribution in [0.25, 0.3) is 0 Å². The highest BCUT2D eigenvalue weighted by molar-refractivity contribution is 6.03. The predicted octanol–water partition coefficient (Wildman–Crippen LogP) is 3.53. The number of amides is 2. The molecule has 2 aromatic heterocycles. The first-order chi connectivity index (χ1) is 16.1. The Morgan fingerprint density at radius 1 is 1.21 bits per heavy atom. The van der Waals surface area contributed by atoms with Gasteiger partial charge in [-0.3, -0.25) is 25.2 Å². The summed E-state index contributed by atoms with van der Waals surface area (Å²) in [5.41, 5.74) is -0.510. The quantitative estimate of drug-likeness (QED) is 0.405. The molecule has 0 bridgehead atoms. The Labute approximate surface area is 197 Å². The molecule has 0 aromatic carbocycles. The Bertz CT molecular complexity index is 1020. The summed E-state index contributed by atoms with van der Waals surface area (Å²) >= 11 is 0. The fraction of sp³-hybridized carbons (Fsp3) is 0.500. The van der Waals surface area contributed by atoms with Crippen molar-refractivity contribution in [2.75, 3.05) is 17.2 Å². The van der Waals surface area contributed by atoms with E-state index >= 15 is 0 Å². The number of alkyl carbamates (subject to hydrolysis) is 1. The third-order valence-corrected chi connectivity index (χ3v) is 5.24. The van der Waals surface area contributed by atoms with Crippen LogP contribution in [0, 0.1) is 16.0 Å². The minimum Gasteiger partial charge on any atom is -0.444 e. The normalized spacial score (nSPS) is 18.0. The van der Waals surface area contributed by atoms with Crippen LogP contribution < -0.4 is 16.0 Å². The molecule has 2 amide bonds. The minimum absolute atomic E-state index is 0.0359. The van der Waals surface area contributed by atoms with Crippen molar-refractivity contribution in [3.8, 4) is 0 Å². The Hall–Kier alpha value is -3.83. The molecule has 2 aromatic rings. The molecule has 0 aliphatic heterocycles. The van der Waals surface area contributed by atoms with Gasteiger partial charge in [0.2, 0.25) is 11.8 Å². The molecule has 0 unspecified atom stereocenters. The number of nitrogens with zero attached hydrogens (tertiary/aromatic N) is 4. The van der Waals surface area contributed by atoms with E-state index in [0.717, 1.165) is 31.9 Å². The van der Waals surface area contributed by atoms with E-state index in [1.165, 1.54) is 6.20 Å². The van der Waals surface area contributed by atoms with Crippen LogP contribution in [0.1, 0.15) is 56.8 Å². The molecule has 1 aliphatic rings. The molecule has 2 heterocycles. The summed E-state index contributed by atoms with van der Waals surface area (Å²) in [4.78, 5) is 47.0. The summed E-state index contributed by atoms with van der Waals surface area (Å²) < 4.78 is 5.30. The van der Waals surface area contributed by atoms with E-state index in [4.69, 9.17) is 4.74 Å². The minimum atomic E-state index is -0.573. The molecule has 3 rings (SSSR count). The standard InChI is InChI=1S/C22H29N7O5/c1-22(2,3)34-21(31)26-16-8-6-14(7-9-16)11-24-18-17(29(32)33)13-25-20(27-18)28-19(30)15-5-4-10-23-12-15/h4-5,10,12-14,16H,6-9,11H2,1-3H3,(H,26,31)(H2,24,25,27,28,30). The summed E-state index contributed by atoms with van der Waals surface area (Å²) in [6, 6.07) is 3.24. The number of carbonyl (C=O) groups excluding carboxylic acids is 2. The molecule has 12 heteroatoms. The Kier molecular flexibility index (Phi) is 7.92. The lowest BCUT2D eigenvalue weighted by Crippen LogP contribution is -2.41. The van der Waals surface area contributed by atoms with Crippen molar-refractivity contribution >= 4 is 29.5 Å². The van der Waals surface area contributed by atoms with Crippen molar-refractivity contribution in [1.82, 2.24) is 20.3 Å².